The van der Waals surface area contributed by atoms with Crippen molar-refractivity contribution in [1.82, 2.24) is 0 Å². The van der Waals surface area contributed by atoms with Crippen molar-refractivity contribution in [2.24, 2.45) is 0 Å². The van der Waals surface area contributed by atoms with Gasteiger partial charge in [0.1, 0.15) is 0 Å². The van der Waals surface area contributed by atoms with Crippen LogP contribution in [0.3, 0.4) is 0 Å². The Balaban J connectivity index is 0.860. The van der Waals surface area contributed by atoms with Crippen LogP contribution in [0.5, 0.6) is 0 Å². The summed E-state index contributed by atoms with van der Waals surface area (Å²) in [6, 6.07) is 107. The maximum Gasteiger partial charge on any atom is 0.0464 e. The van der Waals surface area contributed by atoms with E-state index in [2.05, 4.69) is 347 Å². The molecule has 0 amide bonds. The molecule has 12 aromatic carbocycles. The molecule has 0 aliphatic carbocycles. The summed E-state index contributed by atoms with van der Waals surface area (Å²) in [5.41, 5.74) is 28.3. The van der Waals surface area contributed by atoms with Gasteiger partial charge in [-0.1, -0.05) is 193 Å². The fourth-order valence-corrected chi connectivity index (χ4v) is 11.6. The van der Waals surface area contributed by atoms with Crippen LogP contribution in [0, 0.1) is 41.5 Å². The molecular formula is C79H67N3. The van der Waals surface area contributed by atoms with Gasteiger partial charge in [0, 0.05) is 57.1 Å². The fourth-order valence-electron chi connectivity index (χ4n) is 11.6. The minimum absolute atomic E-state index is 0.137. The number of hydrogen-bond acceptors (Lipinski definition) is 3. The van der Waals surface area contributed by atoms with Crippen LogP contribution in [-0.2, 0) is 0 Å². The second kappa shape index (κ2) is 23.4. The van der Waals surface area contributed by atoms with Crippen molar-refractivity contribution in [3.8, 4) is 33.4 Å². The number of aryl methyl sites for hydroxylation is 6. The van der Waals surface area contributed by atoms with E-state index in [-0.39, 0.29) is 5.92 Å². The Morgan fingerprint density at radius 2 is 0.390 bits per heavy atom. The van der Waals surface area contributed by atoms with Crippen LogP contribution < -0.4 is 14.7 Å². The number of hydrogen-bond donors (Lipinski definition) is 0. The van der Waals surface area contributed by atoms with Gasteiger partial charge in [-0.15, -0.1) is 0 Å². The van der Waals surface area contributed by atoms with Crippen molar-refractivity contribution in [3.05, 3.63) is 341 Å². The maximum atomic E-state index is 2.37. The first-order valence-corrected chi connectivity index (χ1v) is 28.5. The Morgan fingerprint density at radius 1 is 0.183 bits per heavy atom. The van der Waals surface area contributed by atoms with Gasteiger partial charge in [0.2, 0.25) is 0 Å². The molecule has 3 nitrogen and oxygen atoms in total. The number of benzene rings is 12. The molecule has 0 radical (unpaired) electrons. The number of nitrogens with zero attached hydrogens (tertiary/aromatic N) is 3. The van der Waals surface area contributed by atoms with Crippen LogP contribution in [0.4, 0.5) is 51.2 Å². The predicted octanol–water partition coefficient (Wildman–Crippen LogP) is 22.1. The molecule has 12 rings (SSSR count). The molecule has 0 aromatic heterocycles. The van der Waals surface area contributed by atoms with Crippen molar-refractivity contribution in [2.45, 2.75) is 47.5 Å². The molecule has 0 aliphatic rings. The van der Waals surface area contributed by atoms with Gasteiger partial charge in [-0.3, -0.25) is 0 Å². The molecule has 0 N–H and O–H groups in total. The van der Waals surface area contributed by atoms with Gasteiger partial charge in [-0.25, -0.2) is 0 Å². The van der Waals surface area contributed by atoms with E-state index in [0.29, 0.717) is 0 Å². The molecular weight excluding hydrogens is 991 g/mol. The third kappa shape index (κ3) is 11.5. The van der Waals surface area contributed by atoms with Crippen LogP contribution in [0.15, 0.2) is 291 Å². The van der Waals surface area contributed by atoms with E-state index in [4.69, 9.17) is 0 Å². The first-order chi connectivity index (χ1) is 40.1. The molecule has 3 heteroatoms. The topological polar surface area (TPSA) is 9.72 Å². The zero-order valence-corrected chi connectivity index (χ0v) is 47.6. The molecule has 0 aliphatic heterocycles. The van der Waals surface area contributed by atoms with Crippen LogP contribution in [-0.4, -0.2) is 0 Å². The van der Waals surface area contributed by atoms with E-state index in [1.54, 1.807) is 0 Å². The van der Waals surface area contributed by atoms with Gasteiger partial charge in [0.25, 0.3) is 0 Å². The number of anilines is 9. The quantitative estimate of drug-likeness (QED) is 0.0948. The second-order valence-corrected chi connectivity index (χ2v) is 22.0. The summed E-state index contributed by atoms with van der Waals surface area (Å²) < 4.78 is 0. The molecule has 0 saturated carbocycles. The van der Waals surface area contributed by atoms with Crippen molar-refractivity contribution in [1.29, 1.82) is 0 Å². The largest absolute Gasteiger partial charge is 0.311 e. The van der Waals surface area contributed by atoms with Gasteiger partial charge in [0.15, 0.2) is 0 Å². The normalized spacial score (nSPS) is 11.2. The van der Waals surface area contributed by atoms with Crippen LogP contribution >= 0.6 is 0 Å². The van der Waals surface area contributed by atoms with Crippen molar-refractivity contribution in [2.75, 3.05) is 14.7 Å². The van der Waals surface area contributed by atoms with E-state index in [0.717, 1.165) is 73.4 Å². The van der Waals surface area contributed by atoms with Crippen LogP contribution in [0.25, 0.3) is 33.4 Å². The SMILES string of the molecule is Cc1cccc(C(c2ccc(-c3ccc(N(c4ccc(-c5ccc(N(c6cccc(C)c6)c6cccc(C)c6)cc5)cc4)c4ccc(-c5ccc(N(c6cccc(C)c6)c6cccc(C)c6)cc5)cc4)cc3)cc2)c2cccc(C)c2)c1. The highest BCUT2D eigenvalue weighted by molar-refractivity contribution is 5.84. The van der Waals surface area contributed by atoms with Crippen LogP contribution in [0.2, 0.25) is 0 Å². The molecule has 82 heavy (non-hydrogen) atoms. The van der Waals surface area contributed by atoms with Gasteiger partial charge >= 0.3 is 0 Å². The third-order valence-corrected chi connectivity index (χ3v) is 15.7. The lowest BCUT2D eigenvalue weighted by Crippen LogP contribution is -2.10. The van der Waals surface area contributed by atoms with Gasteiger partial charge in [-0.05, 0) is 223 Å². The van der Waals surface area contributed by atoms with Crippen molar-refractivity contribution in [3.63, 3.8) is 0 Å². The summed E-state index contributed by atoms with van der Waals surface area (Å²) in [4.78, 5) is 7.05. The molecule has 0 unspecified atom stereocenters. The lowest BCUT2D eigenvalue weighted by molar-refractivity contribution is 0.972. The Kier molecular flexibility index (Phi) is 15.0. The first kappa shape index (κ1) is 52.7. The molecule has 12 aromatic rings. The molecule has 0 bridgehead atoms. The third-order valence-electron chi connectivity index (χ3n) is 15.7. The highest BCUT2D eigenvalue weighted by atomic mass is 15.2. The van der Waals surface area contributed by atoms with E-state index in [1.807, 2.05) is 0 Å². The van der Waals surface area contributed by atoms with Gasteiger partial charge in [0.05, 0.1) is 0 Å². The second-order valence-electron chi connectivity index (χ2n) is 22.0. The highest BCUT2D eigenvalue weighted by Gasteiger charge is 2.20. The smallest absolute Gasteiger partial charge is 0.0464 e. The fraction of sp³-hybridized carbons (Fsp3) is 0.0886. The highest BCUT2D eigenvalue weighted by Crippen LogP contribution is 2.42. The lowest BCUT2D eigenvalue weighted by Gasteiger charge is -2.27. The standard InChI is InChI=1S/C79H67N3/c1-55-13-7-19-68(49-55)79(69-20-8-14-56(2)50-69)67-27-25-61(26-28-67)62-29-39-70(40-30-62)80(71-41-31-63(32-42-71)65-35-45-73(46-36-65)81(75-21-9-15-57(3)51-75)76-22-10-16-58(4)52-76)72-43-33-64(34-44-72)66-37-47-74(48-38-66)82(77-23-11-17-59(5)53-77)78-24-12-18-60(6)54-78/h7-54,79H,1-6H3. The maximum absolute atomic E-state index is 2.37. The Hall–Kier alpha value is -9.96. The van der Waals surface area contributed by atoms with Gasteiger partial charge in [-0.2, -0.15) is 0 Å². The minimum atomic E-state index is 0.137. The average molecular weight is 1060 g/mol. The molecule has 398 valence electrons. The zero-order chi connectivity index (χ0) is 56.1. The van der Waals surface area contributed by atoms with Gasteiger partial charge < -0.3 is 14.7 Å². The Bertz CT molecular complexity index is 3570. The number of rotatable bonds is 15. The monoisotopic (exact) mass is 1060 g/mol. The van der Waals surface area contributed by atoms with Crippen LogP contribution in [0.1, 0.15) is 56.0 Å². The Labute approximate surface area is 485 Å². The van der Waals surface area contributed by atoms with E-state index in [9.17, 15) is 0 Å². The molecule has 0 saturated heterocycles. The lowest BCUT2D eigenvalue weighted by atomic mass is 9.83. The summed E-state index contributed by atoms with van der Waals surface area (Å²) in [6.45, 7) is 13.0. The van der Waals surface area contributed by atoms with E-state index < -0.39 is 0 Å². The summed E-state index contributed by atoms with van der Waals surface area (Å²) >= 11 is 0. The van der Waals surface area contributed by atoms with Crippen molar-refractivity contribution >= 4 is 51.2 Å². The Morgan fingerprint density at radius 3 is 0.622 bits per heavy atom. The summed E-state index contributed by atoms with van der Waals surface area (Å²) in [5.74, 6) is 0.137. The van der Waals surface area contributed by atoms with E-state index in [1.165, 1.54) is 61.2 Å². The molecule has 0 atom stereocenters. The zero-order valence-electron chi connectivity index (χ0n) is 47.6. The van der Waals surface area contributed by atoms with E-state index >= 15 is 0 Å². The molecule has 0 spiro atoms. The molecule has 0 fully saturated rings. The summed E-state index contributed by atoms with van der Waals surface area (Å²) in [7, 11) is 0. The summed E-state index contributed by atoms with van der Waals surface area (Å²) in [5, 5.41) is 0. The predicted molar refractivity (Wildman–Crippen MR) is 349 cm³/mol. The average Bonchev–Trinajstić information content (AvgIpc) is 3.51. The minimum Gasteiger partial charge on any atom is -0.311 e. The van der Waals surface area contributed by atoms with Crippen molar-refractivity contribution < 1.29 is 0 Å². The first-order valence-electron chi connectivity index (χ1n) is 28.5. The summed E-state index contributed by atoms with van der Waals surface area (Å²) in [6.07, 6.45) is 0. The molecule has 0 heterocycles.